The van der Waals surface area contributed by atoms with Gasteiger partial charge in [-0.2, -0.15) is 10.4 Å². The van der Waals surface area contributed by atoms with Gasteiger partial charge in [0.1, 0.15) is 11.8 Å². The number of rotatable bonds is 10. The van der Waals surface area contributed by atoms with Crippen molar-refractivity contribution < 1.29 is 9.53 Å². The zero-order valence-electron chi connectivity index (χ0n) is 25.6. The number of likely N-dealkylation sites (N-methyl/N-ethyl adjacent to an activating group) is 1. The van der Waals surface area contributed by atoms with E-state index in [0.717, 1.165) is 49.3 Å². The number of aryl methyl sites for hydroxylation is 1. The van der Waals surface area contributed by atoms with Gasteiger partial charge in [-0.15, -0.1) is 0 Å². The van der Waals surface area contributed by atoms with Crippen LogP contribution in [0.4, 0.5) is 17.1 Å². The molecule has 0 spiro atoms. The Morgan fingerprint density at radius 2 is 1.95 bits per heavy atom. The Kier molecular flexibility index (Phi) is 9.24. The van der Waals surface area contributed by atoms with Gasteiger partial charge in [-0.05, 0) is 58.5 Å². The topological polar surface area (TPSA) is 111 Å². The lowest BCUT2D eigenvalue weighted by Crippen LogP contribution is -2.44. The lowest BCUT2D eigenvalue weighted by molar-refractivity contribution is -0.111. The average molecular weight is 581 g/mol. The van der Waals surface area contributed by atoms with Gasteiger partial charge in [-0.1, -0.05) is 13.0 Å². The second-order valence-corrected chi connectivity index (χ2v) is 11.1. The van der Waals surface area contributed by atoms with E-state index in [1.807, 2.05) is 61.1 Å². The van der Waals surface area contributed by atoms with E-state index >= 15 is 0 Å². The maximum absolute atomic E-state index is 13.0. The Bertz CT molecular complexity index is 1690. The minimum atomic E-state index is -0.241. The number of nitriles is 1. The smallest absolute Gasteiger partial charge is 0.248 e. The van der Waals surface area contributed by atoms with Crippen LogP contribution in [0.1, 0.15) is 45.0 Å². The molecule has 224 valence electrons. The molecule has 1 aliphatic heterocycles. The summed E-state index contributed by atoms with van der Waals surface area (Å²) < 4.78 is 7.91. The quantitative estimate of drug-likeness (QED) is 0.237. The molecule has 0 aliphatic carbocycles. The number of benzene rings is 2. The number of nitrogens with zero attached hydrogens (tertiary/aromatic N) is 6. The molecule has 10 heteroatoms. The van der Waals surface area contributed by atoms with Crippen molar-refractivity contribution >= 4 is 44.8 Å². The molecule has 43 heavy (non-hydrogen) atoms. The molecule has 1 saturated heterocycles. The normalized spacial score (nSPS) is 14.5. The van der Waals surface area contributed by atoms with Gasteiger partial charge in [0, 0.05) is 67.4 Å². The van der Waals surface area contributed by atoms with Crippen LogP contribution < -0.4 is 15.4 Å². The van der Waals surface area contributed by atoms with Crippen LogP contribution in [0.25, 0.3) is 21.8 Å². The van der Waals surface area contributed by atoms with Gasteiger partial charge in [-0.25, -0.2) is 0 Å². The van der Waals surface area contributed by atoms with Crippen molar-refractivity contribution in [3.8, 4) is 11.8 Å². The van der Waals surface area contributed by atoms with Gasteiger partial charge in [0.05, 0.1) is 46.5 Å². The molecular weight excluding hydrogens is 540 g/mol. The third-order valence-electron chi connectivity index (χ3n) is 7.75. The Balaban J connectivity index is 1.49. The number of nitrogens with one attached hydrogen (secondary N) is 2. The number of fused-ring (bicyclic) bond motifs is 2. The van der Waals surface area contributed by atoms with Gasteiger partial charge in [0.25, 0.3) is 0 Å². The number of hydrogen-bond acceptors (Lipinski definition) is 8. The second-order valence-electron chi connectivity index (χ2n) is 11.1. The number of hydrogen-bond donors (Lipinski definition) is 2. The molecule has 10 nitrogen and oxygen atoms in total. The number of pyridine rings is 1. The number of carbonyl (C=O) groups is 1. The summed E-state index contributed by atoms with van der Waals surface area (Å²) in [6.45, 7) is 13.3. The SMILES string of the molecule is CCOc1cc2nc(CC)c(C#N)c(Nc3ccc4c(cnn4C(C)C)c3)c2cc1NC(=O)/C=C/CN1CCN(C)CC1. The lowest BCUT2D eigenvalue weighted by atomic mass is 10.0. The molecular formula is C33H40N8O2. The van der Waals surface area contributed by atoms with E-state index in [4.69, 9.17) is 9.72 Å². The number of aromatic nitrogens is 3. The molecule has 2 aromatic carbocycles. The van der Waals surface area contributed by atoms with Gasteiger partial charge in [0.15, 0.2) is 0 Å². The standard InChI is InChI=1S/C33H40N8O2/c1-6-27-26(20-34)33(36-24-10-11-30-23(17-24)21-35-41(30)22(3)4)25-18-29(31(43-7-2)19-28(25)37-27)38-32(42)9-8-12-40-15-13-39(5)14-16-40/h8-11,17-19,21-22H,6-7,12-16H2,1-5H3,(H,36,37)(H,38,42)/b9-8+. The third-order valence-corrected chi connectivity index (χ3v) is 7.75. The monoisotopic (exact) mass is 580 g/mol. The van der Waals surface area contributed by atoms with E-state index in [-0.39, 0.29) is 11.9 Å². The summed E-state index contributed by atoms with van der Waals surface area (Å²) in [7, 11) is 2.13. The Morgan fingerprint density at radius 1 is 1.16 bits per heavy atom. The Hall–Kier alpha value is -4.46. The van der Waals surface area contributed by atoms with Crippen molar-refractivity contribution in [2.75, 3.05) is 57.0 Å². The molecule has 0 radical (unpaired) electrons. The van der Waals surface area contributed by atoms with Crippen LogP contribution in [0, 0.1) is 11.3 Å². The highest BCUT2D eigenvalue weighted by Crippen LogP contribution is 2.38. The van der Waals surface area contributed by atoms with Crippen molar-refractivity contribution in [1.82, 2.24) is 24.6 Å². The molecule has 0 bridgehead atoms. The number of ether oxygens (including phenoxy) is 1. The number of amides is 1. The van der Waals surface area contributed by atoms with E-state index in [1.165, 1.54) is 0 Å². The first-order chi connectivity index (χ1) is 20.8. The van der Waals surface area contributed by atoms with Crippen LogP contribution in [-0.2, 0) is 11.2 Å². The highest BCUT2D eigenvalue weighted by atomic mass is 16.5. The maximum atomic E-state index is 13.0. The average Bonchev–Trinajstić information content (AvgIpc) is 3.42. The summed E-state index contributed by atoms with van der Waals surface area (Å²) in [5.41, 5.74) is 4.88. The van der Waals surface area contributed by atoms with E-state index in [0.29, 0.717) is 52.3 Å². The molecule has 1 amide bonds. The van der Waals surface area contributed by atoms with Crippen molar-refractivity contribution in [2.45, 2.75) is 40.2 Å². The maximum Gasteiger partial charge on any atom is 0.248 e. The minimum Gasteiger partial charge on any atom is -0.492 e. The molecule has 2 aromatic heterocycles. The largest absolute Gasteiger partial charge is 0.492 e. The highest BCUT2D eigenvalue weighted by molar-refractivity contribution is 6.05. The molecule has 3 heterocycles. The van der Waals surface area contributed by atoms with Gasteiger partial charge in [0.2, 0.25) is 5.91 Å². The lowest BCUT2D eigenvalue weighted by Gasteiger charge is -2.31. The van der Waals surface area contributed by atoms with E-state index in [2.05, 4.69) is 52.5 Å². The van der Waals surface area contributed by atoms with Gasteiger partial charge >= 0.3 is 0 Å². The summed E-state index contributed by atoms with van der Waals surface area (Å²) in [5.74, 6) is 0.291. The van der Waals surface area contributed by atoms with Crippen LogP contribution in [0.15, 0.2) is 48.7 Å². The number of anilines is 3. The first-order valence-corrected chi connectivity index (χ1v) is 15.0. The summed E-state index contributed by atoms with van der Waals surface area (Å²) in [4.78, 5) is 22.5. The number of piperazine rings is 1. The van der Waals surface area contributed by atoms with Crippen molar-refractivity contribution in [2.24, 2.45) is 0 Å². The van der Waals surface area contributed by atoms with E-state index in [9.17, 15) is 10.1 Å². The fourth-order valence-electron chi connectivity index (χ4n) is 5.42. The Morgan fingerprint density at radius 3 is 2.65 bits per heavy atom. The molecule has 1 fully saturated rings. The summed E-state index contributed by atoms with van der Waals surface area (Å²) in [5, 5.41) is 23.0. The minimum absolute atomic E-state index is 0.241. The third kappa shape index (κ3) is 6.63. The first kappa shape index (κ1) is 30.0. The van der Waals surface area contributed by atoms with E-state index < -0.39 is 0 Å². The van der Waals surface area contributed by atoms with Crippen LogP contribution in [0.3, 0.4) is 0 Å². The fourth-order valence-corrected chi connectivity index (χ4v) is 5.42. The van der Waals surface area contributed by atoms with Crippen LogP contribution in [-0.4, -0.2) is 76.8 Å². The zero-order valence-corrected chi connectivity index (χ0v) is 25.6. The molecule has 0 saturated carbocycles. The van der Waals surface area contributed by atoms with Crippen LogP contribution >= 0.6 is 0 Å². The number of carbonyl (C=O) groups excluding carboxylic acids is 1. The van der Waals surface area contributed by atoms with Gasteiger partial charge in [-0.3, -0.25) is 19.4 Å². The highest BCUT2D eigenvalue weighted by Gasteiger charge is 2.19. The predicted molar refractivity (Wildman–Crippen MR) is 172 cm³/mol. The first-order valence-electron chi connectivity index (χ1n) is 15.0. The summed E-state index contributed by atoms with van der Waals surface area (Å²) in [6.07, 6.45) is 5.92. The Labute approximate surface area is 252 Å². The van der Waals surface area contributed by atoms with Crippen molar-refractivity contribution in [3.05, 3.63) is 59.9 Å². The summed E-state index contributed by atoms with van der Waals surface area (Å²) >= 11 is 0. The predicted octanol–water partition coefficient (Wildman–Crippen LogP) is 5.48. The fraction of sp³-hybridized carbons (Fsp3) is 0.394. The van der Waals surface area contributed by atoms with Crippen LogP contribution in [0.5, 0.6) is 5.75 Å². The van der Waals surface area contributed by atoms with Crippen LogP contribution in [0.2, 0.25) is 0 Å². The van der Waals surface area contributed by atoms with E-state index in [1.54, 1.807) is 6.08 Å². The molecule has 1 aliphatic rings. The molecule has 0 unspecified atom stereocenters. The van der Waals surface area contributed by atoms with Crippen molar-refractivity contribution in [1.29, 1.82) is 5.26 Å². The van der Waals surface area contributed by atoms with Gasteiger partial charge < -0.3 is 20.3 Å². The van der Waals surface area contributed by atoms with Crippen molar-refractivity contribution in [3.63, 3.8) is 0 Å². The second kappa shape index (κ2) is 13.2. The molecule has 2 N–H and O–H groups in total. The molecule has 5 rings (SSSR count). The zero-order chi connectivity index (χ0) is 30.5. The summed E-state index contributed by atoms with van der Waals surface area (Å²) in [6, 6.07) is 12.3. The molecule has 4 aromatic rings. The molecule has 0 atom stereocenters.